The molecule has 1 aromatic carbocycles. The molecule has 1 aromatic heterocycles. The van der Waals surface area contributed by atoms with Gasteiger partial charge in [0.05, 0.1) is 5.69 Å². The van der Waals surface area contributed by atoms with Crippen molar-refractivity contribution in [3.05, 3.63) is 40.7 Å². The fourth-order valence-electron chi connectivity index (χ4n) is 1.82. The Labute approximate surface area is 130 Å². The smallest absolute Gasteiger partial charge is 0.137 e. The summed E-state index contributed by atoms with van der Waals surface area (Å²) < 4.78 is 0. The Balaban J connectivity index is 0.00000180. The van der Waals surface area contributed by atoms with E-state index in [2.05, 4.69) is 16.9 Å². The Morgan fingerprint density at radius 3 is 2.47 bits per heavy atom. The van der Waals surface area contributed by atoms with Gasteiger partial charge in [0.1, 0.15) is 5.82 Å². The number of aromatic nitrogens is 2. The van der Waals surface area contributed by atoms with E-state index in [0.717, 1.165) is 34.2 Å². The van der Waals surface area contributed by atoms with Gasteiger partial charge in [0.15, 0.2) is 0 Å². The summed E-state index contributed by atoms with van der Waals surface area (Å²) in [5, 5.41) is 0.734. The third-order valence-corrected chi connectivity index (χ3v) is 3.69. The second-order valence-electron chi connectivity index (χ2n) is 4.63. The van der Waals surface area contributed by atoms with Crippen LogP contribution in [0, 0.1) is 12.8 Å². The summed E-state index contributed by atoms with van der Waals surface area (Å²) in [6.07, 6.45) is 0.902. The van der Waals surface area contributed by atoms with Gasteiger partial charge in [0.25, 0.3) is 0 Å². The summed E-state index contributed by atoms with van der Waals surface area (Å²) in [4.78, 5) is 7.95. The number of alkyl halides is 1. The molecule has 0 aliphatic carbocycles. The number of hydrogen-bond acceptors (Lipinski definition) is 1. The molecule has 0 amide bonds. The minimum absolute atomic E-state index is 0. The first-order valence-electron chi connectivity index (χ1n) is 5.97. The highest BCUT2D eigenvalue weighted by Gasteiger charge is 2.11. The van der Waals surface area contributed by atoms with Gasteiger partial charge in [0.2, 0.25) is 0 Å². The van der Waals surface area contributed by atoms with Gasteiger partial charge in [0, 0.05) is 22.2 Å². The molecule has 19 heavy (non-hydrogen) atoms. The van der Waals surface area contributed by atoms with Crippen molar-refractivity contribution in [3.63, 3.8) is 0 Å². The number of hydrogen-bond donors (Lipinski definition) is 1. The highest BCUT2D eigenvalue weighted by molar-refractivity contribution is 6.30. The van der Waals surface area contributed by atoms with E-state index < -0.39 is 0 Å². The molecule has 104 valence electrons. The van der Waals surface area contributed by atoms with Gasteiger partial charge in [-0.05, 0) is 43.5 Å². The third-order valence-electron chi connectivity index (χ3n) is 2.91. The summed E-state index contributed by atoms with van der Waals surface area (Å²) in [6.45, 7) is 4.17. The van der Waals surface area contributed by atoms with Gasteiger partial charge in [-0.15, -0.1) is 24.0 Å². The molecule has 0 radical (unpaired) electrons. The number of rotatable bonds is 4. The standard InChI is InChI=1S/C14H16Cl2N2.ClH/c1-9(8-15)7-13-10(2)17-14(18-13)11-3-5-12(16)6-4-11;/h3-6,9H,7-8H2,1-2H3,(H,17,18);1H. The van der Waals surface area contributed by atoms with Crippen molar-refractivity contribution in [1.82, 2.24) is 9.97 Å². The molecule has 0 saturated heterocycles. The highest BCUT2D eigenvalue weighted by Crippen LogP contribution is 2.21. The van der Waals surface area contributed by atoms with Gasteiger partial charge in [-0.3, -0.25) is 0 Å². The van der Waals surface area contributed by atoms with Gasteiger partial charge < -0.3 is 4.98 Å². The average Bonchev–Trinajstić information content (AvgIpc) is 2.71. The third kappa shape index (κ3) is 4.13. The molecule has 0 spiro atoms. The van der Waals surface area contributed by atoms with Crippen molar-refractivity contribution in [2.24, 2.45) is 5.92 Å². The van der Waals surface area contributed by atoms with E-state index in [-0.39, 0.29) is 12.4 Å². The van der Waals surface area contributed by atoms with Crippen LogP contribution in [0.3, 0.4) is 0 Å². The van der Waals surface area contributed by atoms with Crippen molar-refractivity contribution in [2.45, 2.75) is 20.3 Å². The van der Waals surface area contributed by atoms with Gasteiger partial charge in [-0.2, -0.15) is 0 Å². The Bertz CT molecular complexity index is 520. The molecule has 2 nitrogen and oxygen atoms in total. The molecule has 2 rings (SSSR count). The summed E-state index contributed by atoms with van der Waals surface area (Å²) >= 11 is 11.7. The van der Waals surface area contributed by atoms with Crippen LogP contribution in [-0.2, 0) is 6.42 Å². The lowest BCUT2D eigenvalue weighted by atomic mass is 10.1. The fourth-order valence-corrected chi connectivity index (χ4v) is 2.06. The second-order valence-corrected chi connectivity index (χ2v) is 5.37. The molecule has 5 heteroatoms. The van der Waals surface area contributed by atoms with Crippen LogP contribution in [0.25, 0.3) is 11.4 Å². The number of imidazole rings is 1. The van der Waals surface area contributed by atoms with E-state index in [4.69, 9.17) is 23.2 Å². The van der Waals surface area contributed by atoms with E-state index in [1.54, 1.807) is 0 Å². The number of H-pyrrole nitrogens is 1. The number of nitrogens with one attached hydrogen (secondary N) is 1. The topological polar surface area (TPSA) is 28.7 Å². The van der Waals surface area contributed by atoms with E-state index in [1.807, 2.05) is 31.2 Å². The molecule has 0 aliphatic rings. The van der Waals surface area contributed by atoms with Crippen LogP contribution in [0.4, 0.5) is 0 Å². The second kappa shape index (κ2) is 7.18. The highest BCUT2D eigenvalue weighted by atomic mass is 35.5. The average molecular weight is 320 g/mol. The molecule has 1 heterocycles. The first-order chi connectivity index (χ1) is 8.60. The van der Waals surface area contributed by atoms with Crippen LogP contribution in [0.15, 0.2) is 24.3 Å². The van der Waals surface area contributed by atoms with E-state index in [9.17, 15) is 0 Å². The Morgan fingerprint density at radius 2 is 1.89 bits per heavy atom. The molecule has 0 saturated carbocycles. The largest absolute Gasteiger partial charge is 0.342 e. The molecule has 1 N–H and O–H groups in total. The number of halogens is 3. The number of aryl methyl sites for hydroxylation is 1. The zero-order chi connectivity index (χ0) is 13.1. The Morgan fingerprint density at radius 1 is 1.26 bits per heavy atom. The molecule has 0 aliphatic heterocycles. The zero-order valence-corrected chi connectivity index (χ0v) is 13.2. The van der Waals surface area contributed by atoms with Crippen LogP contribution in [0.5, 0.6) is 0 Å². The lowest BCUT2D eigenvalue weighted by molar-refractivity contribution is 0.642. The normalized spacial score (nSPS) is 12.0. The molecule has 1 unspecified atom stereocenters. The van der Waals surface area contributed by atoms with E-state index in [1.165, 1.54) is 0 Å². The van der Waals surface area contributed by atoms with E-state index in [0.29, 0.717) is 11.8 Å². The quantitative estimate of drug-likeness (QED) is 0.800. The van der Waals surface area contributed by atoms with Crippen molar-refractivity contribution < 1.29 is 0 Å². The minimum atomic E-state index is 0. The maximum atomic E-state index is 5.88. The number of benzene rings is 1. The predicted molar refractivity (Wildman–Crippen MR) is 84.6 cm³/mol. The monoisotopic (exact) mass is 318 g/mol. The van der Waals surface area contributed by atoms with Crippen LogP contribution in [0.2, 0.25) is 5.02 Å². The molecular weight excluding hydrogens is 303 g/mol. The van der Waals surface area contributed by atoms with Crippen LogP contribution < -0.4 is 0 Å². The maximum Gasteiger partial charge on any atom is 0.137 e. The first-order valence-corrected chi connectivity index (χ1v) is 6.88. The van der Waals surface area contributed by atoms with Gasteiger partial charge in [-0.1, -0.05) is 18.5 Å². The Kier molecular flexibility index (Phi) is 6.18. The van der Waals surface area contributed by atoms with Crippen molar-refractivity contribution >= 4 is 35.6 Å². The van der Waals surface area contributed by atoms with Crippen molar-refractivity contribution in [1.29, 1.82) is 0 Å². The van der Waals surface area contributed by atoms with Crippen LogP contribution >= 0.6 is 35.6 Å². The molecule has 0 bridgehead atoms. The maximum absolute atomic E-state index is 5.88. The van der Waals surface area contributed by atoms with E-state index >= 15 is 0 Å². The SMILES string of the molecule is Cc1[nH]c(-c2ccc(Cl)cc2)nc1CC(C)CCl.Cl. The fraction of sp³-hybridized carbons (Fsp3) is 0.357. The molecule has 1 atom stereocenters. The number of aromatic amines is 1. The van der Waals surface area contributed by atoms with Gasteiger partial charge in [-0.25, -0.2) is 4.98 Å². The van der Waals surface area contributed by atoms with Gasteiger partial charge >= 0.3 is 0 Å². The van der Waals surface area contributed by atoms with Crippen molar-refractivity contribution in [2.75, 3.05) is 5.88 Å². The van der Waals surface area contributed by atoms with Crippen LogP contribution in [-0.4, -0.2) is 15.8 Å². The summed E-state index contributed by atoms with van der Waals surface area (Å²) in [7, 11) is 0. The van der Waals surface area contributed by atoms with Crippen LogP contribution in [0.1, 0.15) is 18.3 Å². The molecule has 2 aromatic rings. The Hall–Kier alpha value is -0.700. The summed E-state index contributed by atoms with van der Waals surface area (Å²) in [5.74, 6) is 1.98. The lowest BCUT2D eigenvalue weighted by Gasteiger charge is -2.04. The molecular formula is C14H17Cl3N2. The summed E-state index contributed by atoms with van der Waals surface area (Å²) in [5.41, 5.74) is 3.25. The minimum Gasteiger partial charge on any atom is -0.342 e. The lowest BCUT2D eigenvalue weighted by Crippen LogP contribution is -2.02. The number of nitrogens with zero attached hydrogens (tertiary/aromatic N) is 1. The summed E-state index contributed by atoms with van der Waals surface area (Å²) in [6, 6.07) is 7.68. The predicted octanol–water partition coefficient (Wildman–Crippen LogP) is 4.88. The first kappa shape index (κ1) is 16.4. The zero-order valence-electron chi connectivity index (χ0n) is 10.9. The molecule has 0 fully saturated rings. The van der Waals surface area contributed by atoms with Crippen molar-refractivity contribution in [3.8, 4) is 11.4 Å².